The molecule has 0 radical (unpaired) electrons. The van der Waals surface area contributed by atoms with E-state index in [1.165, 1.54) is 43.5 Å². The molecule has 3 aromatic carbocycles. The van der Waals surface area contributed by atoms with E-state index in [4.69, 9.17) is 9.47 Å². The molecule has 0 aliphatic heterocycles. The fraction of sp³-hybridized carbons (Fsp3) is 0.0833. The van der Waals surface area contributed by atoms with E-state index in [0.29, 0.717) is 17.1 Å². The molecule has 32 heavy (non-hydrogen) atoms. The number of Topliss-reactive ketones (excluding diaryl/α,β-unsaturated/α-hetero) is 1. The first-order valence-corrected chi connectivity index (χ1v) is 9.37. The van der Waals surface area contributed by atoms with Crippen LogP contribution in [0, 0.1) is 27.3 Å². The van der Waals surface area contributed by atoms with Crippen LogP contribution in [-0.4, -0.2) is 17.8 Å². The third kappa shape index (κ3) is 5.34. The summed E-state index contributed by atoms with van der Waals surface area (Å²) in [5.41, 5.74) is 0.890. The number of nitriles is 1. The van der Waals surface area contributed by atoms with Crippen molar-refractivity contribution in [2.75, 3.05) is 7.11 Å². The molecule has 0 heterocycles. The van der Waals surface area contributed by atoms with Crippen LogP contribution in [0.3, 0.4) is 0 Å². The Balaban J connectivity index is 1.82. The number of ether oxygens (including phenoxy) is 2. The highest BCUT2D eigenvalue weighted by atomic mass is 19.1. The molecule has 7 nitrogen and oxygen atoms in total. The maximum Gasteiger partial charge on any atom is 0.270 e. The minimum Gasteiger partial charge on any atom is -0.493 e. The molecule has 0 saturated carbocycles. The Morgan fingerprint density at radius 2 is 1.88 bits per heavy atom. The molecule has 0 aliphatic rings. The van der Waals surface area contributed by atoms with E-state index in [0.717, 1.165) is 11.6 Å². The van der Waals surface area contributed by atoms with Gasteiger partial charge in [0.15, 0.2) is 11.5 Å². The van der Waals surface area contributed by atoms with E-state index in [1.54, 1.807) is 30.3 Å². The number of nitrogens with zero attached hydrogens (tertiary/aromatic N) is 2. The van der Waals surface area contributed by atoms with E-state index in [2.05, 4.69) is 0 Å². The Kier molecular flexibility index (Phi) is 6.93. The largest absolute Gasteiger partial charge is 0.493 e. The van der Waals surface area contributed by atoms with Gasteiger partial charge in [0.25, 0.3) is 5.69 Å². The first-order chi connectivity index (χ1) is 15.4. The zero-order chi connectivity index (χ0) is 23.1. The van der Waals surface area contributed by atoms with Crippen molar-refractivity contribution in [3.63, 3.8) is 0 Å². The molecule has 0 atom stereocenters. The second-order valence-corrected chi connectivity index (χ2v) is 6.63. The molecule has 0 fully saturated rings. The van der Waals surface area contributed by atoms with Gasteiger partial charge in [0.2, 0.25) is 5.78 Å². The van der Waals surface area contributed by atoms with Crippen LogP contribution in [0.1, 0.15) is 21.5 Å². The monoisotopic (exact) mass is 432 g/mol. The molecule has 0 aromatic heterocycles. The van der Waals surface area contributed by atoms with E-state index in [-0.39, 0.29) is 29.2 Å². The Hall–Kier alpha value is -4.51. The zero-order valence-corrected chi connectivity index (χ0v) is 16.9. The Labute approximate surface area is 183 Å². The molecule has 3 rings (SSSR count). The van der Waals surface area contributed by atoms with Crippen LogP contribution in [0.2, 0.25) is 0 Å². The fourth-order valence-corrected chi connectivity index (χ4v) is 2.87. The standard InChI is InChI=1S/C24H17FN2O5/c1-31-23-12-17(7-10-22(23)32-15-16-5-8-20(25)9-6-16)11-19(14-26)24(28)18-3-2-4-21(13-18)27(29)30/h2-13H,15H2,1H3/b19-11+. The lowest BCUT2D eigenvalue weighted by Gasteiger charge is -2.11. The van der Waals surface area contributed by atoms with E-state index in [1.807, 2.05) is 6.07 Å². The van der Waals surface area contributed by atoms with E-state index in [9.17, 15) is 24.6 Å². The van der Waals surface area contributed by atoms with Crippen molar-refractivity contribution in [1.29, 1.82) is 5.26 Å². The summed E-state index contributed by atoms with van der Waals surface area (Å²) in [6, 6.07) is 17.8. The highest BCUT2D eigenvalue weighted by Crippen LogP contribution is 2.30. The average molecular weight is 432 g/mol. The number of benzene rings is 3. The minimum absolute atomic E-state index is 0.0400. The predicted molar refractivity (Wildman–Crippen MR) is 115 cm³/mol. The SMILES string of the molecule is COc1cc(/C=C(\C#N)C(=O)c2cccc([N+](=O)[O-])c2)ccc1OCc1ccc(F)cc1. The lowest BCUT2D eigenvalue weighted by Crippen LogP contribution is -2.03. The number of non-ortho nitro benzene ring substituents is 1. The van der Waals surface area contributed by atoms with Gasteiger partial charge < -0.3 is 9.47 Å². The zero-order valence-electron chi connectivity index (χ0n) is 16.9. The predicted octanol–water partition coefficient (Wildman–Crippen LogP) is 5.11. The third-order valence-corrected chi connectivity index (χ3v) is 4.49. The number of hydrogen-bond acceptors (Lipinski definition) is 6. The van der Waals surface area contributed by atoms with E-state index < -0.39 is 10.7 Å². The first-order valence-electron chi connectivity index (χ1n) is 9.37. The first kappa shape index (κ1) is 22.2. The molecule has 160 valence electrons. The maximum absolute atomic E-state index is 13.0. The second-order valence-electron chi connectivity index (χ2n) is 6.63. The fourth-order valence-electron chi connectivity index (χ4n) is 2.87. The van der Waals surface area contributed by atoms with Crippen LogP contribution in [-0.2, 0) is 6.61 Å². The topological polar surface area (TPSA) is 102 Å². The van der Waals surface area contributed by atoms with Gasteiger partial charge in [-0.2, -0.15) is 5.26 Å². The molecule has 0 amide bonds. The lowest BCUT2D eigenvalue weighted by molar-refractivity contribution is -0.384. The summed E-state index contributed by atoms with van der Waals surface area (Å²) in [6.45, 7) is 0.195. The van der Waals surface area contributed by atoms with E-state index >= 15 is 0 Å². The number of allylic oxidation sites excluding steroid dienone is 1. The molecule has 0 bridgehead atoms. The Bertz CT molecular complexity index is 1230. The lowest BCUT2D eigenvalue weighted by atomic mass is 10.0. The molecule has 3 aromatic rings. The number of rotatable bonds is 8. The van der Waals surface area contributed by atoms with Gasteiger partial charge in [-0.25, -0.2) is 4.39 Å². The Morgan fingerprint density at radius 3 is 2.53 bits per heavy atom. The number of methoxy groups -OCH3 is 1. The number of nitro groups is 1. The molecule has 0 spiro atoms. The van der Waals surface area contributed by atoms with Crippen molar-refractivity contribution in [2.45, 2.75) is 6.61 Å². The van der Waals surface area contributed by atoms with Gasteiger partial charge in [-0.1, -0.05) is 30.3 Å². The number of carbonyl (C=O) groups is 1. The highest BCUT2D eigenvalue weighted by molar-refractivity contribution is 6.14. The van der Waals surface area contributed by atoms with Crippen LogP contribution in [0.4, 0.5) is 10.1 Å². The van der Waals surface area contributed by atoms with Crippen molar-refractivity contribution in [1.82, 2.24) is 0 Å². The molecule has 8 heteroatoms. The van der Waals surface area contributed by atoms with Crippen LogP contribution in [0.5, 0.6) is 11.5 Å². The minimum atomic E-state index is -0.633. The smallest absolute Gasteiger partial charge is 0.270 e. The number of halogens is 1. The van der Waals surface area contributed by atoms with Gasteiger partial charge in [0, 0.05) is 17.7 Å². The number of nitro benzene ring substituents is 1. The van der Waals surface area contributed by atoms with Gasteiger partial charge >= 0.3 is 0 Å². The second kappa shape index (κ2) is 10.00. The number of hydrogen-bond donors (Lipinski definition) is 0. The van der Waals surface area contributed by atoms with Crippen molar-refractivity contribution >= 4 is 17.5 Å². The van der Waals surface area contributed by atoms with Crippen molar-refractivity contribution < 1.29 is 23.6 Å². The summed E-state index contributed by atoms with van der Waals surface area (Å²) in [5.74, 6) is -0.166. The summed E-state index contributed by atoms with van der Waals surface area (Å²) in [4.78, 5) is 23.0. The summed E-state index contributed by atoms with van der Waals surface area (Å²) in [7, 11) is 1.45. The number of ketones is 1. The summed E-state index contributed by atoms with van der Waals surface area (Å²) in [6.07, 6.45) is 1.37. The van der Waals surface area contributed by atoms with Gasteiger partial charge in [-0.05, 0) is 41.5 Å². The normalized spacial score (nSPS) is 10.8. The van der Waals surface area contributed by atoms with Gasteiger partial charge in [0.1, 0.15) is 24.1 Å². The molecule has 0 unspecified atom stereocenters. The molecule has 0 N–H and O–H groups in total. The highest BCUT2D eigenvalue weighted by Gasteiger charge is 2.16. The van der Waals surface area contributed by atoms with Crippen molar-refractivity contribution in [3.05, 3.63) is 105 Å². The van der Waals surface area contributed by atoms with Gasteiger partial charge in [-0.15, -0.1) is 0 Å². The molecule has 0 aliphatic carbocycles. The average Bonchev–Trinajstić information content (AvgIpc) is 2.82. The van der Waals surface area contributed by atoms with Crippen molar-refractivity contribution in [2.24, 2.45) is 0 Å². The van der Waals surface area contributed by atoms with Crippen LogP contribution >= 0.6 is 0 Å². The third-order valence-electron chi connectivity index (χ3n) is 4.49. The van der Waals surface area contributed by atoms with Crippen molar-refractivity contribution in [3.8, 4) is 17.6 Å². The maximum atomic E-state index is 13.0. The molecular formula is C24H17FN2O5. The summed E-state index contributed by atoms with van der Waals surface area (Å²) < 4.78 is 24.1. The molecule has 0 saturated heterocycles. The number of carbonyl (C=O) groups excluding carboxylic acids is 1. The quantitative estimate of drug-likeness (QED) is 0.161. The van der Waals surface area contributed by atoms with Crippen LogP contribution < -0.4 is 9.47 Å². The molecular weight excluding hydrogens is 415 g/mol. The van der Waals surface area contributed by atoms with Gasteiger partial charge in [0.05, 0.1) is 12.0 Å². The Morgan fingerprint density at radius 1 is 1.12 bits per heavy atom. The van der Waals surface area contributed by atoms with Crippen LogP contribution in [0.15, 0.2) is 72.3 Å². The summed E-state index contributed by atoms with van der Waals surface area (Å²) >= 11 is 0. The van der Waals surface area contributed by atoms with Gasteiger partial charge in [-0.3, -0.25) is 14.9 Å². The van der Waals surface area contributed by atoms with Crippen LogP contribution in [0.25, 0.3) is 6.08 Å². The summed E-state index contributed by atoms with van der Waals surface area (Å²) in [5, 5.41) is 20.4.